The number of hydrogen-bond acceptors (Lipinski definition) is 8. The number of carboxylic acid groups (broad SMARTS) is 1. The van der Waals surface area contributed by atoms with Crippen LogP contribution in [0.25, 0.3) is 50.6 Å². The molecule has 6 rings (SSSR count). The first-order valence-electron chi connectivity index (χ1n) is 20.7. The van der Waals surface area contributed by atoms with Gasteiger partial charge in [0.15, 0.2) is 0 Å². The van der Waals surface area contributed by atoms with Crippen LogP contribution in [0.1, 0.15) is 84.0 Å². The molecular formula is C48H53FN6O6. The van der Waals surface area contributed by atoms with E-state index in [2.05, 4.69) is 25.2 Å². The van der Waals surface area contributed by atoms with Crippen LogP contribution in [0.5, 0.6) is 0 Å². The van der Waals surface area contributed by atoms with Crippen LogP contribution >= 0.6 is 0 Å². The molecule has 13 heteroatoms. The minimum Gasteiger partial charge on any atom is -0.481 e. The monoisotopic (exact) mass is 828 g/mol. The van der Waals surface area contributed by atoms with E-state index in [1.165, 1.54) is 17.0 Å². The second-order valence-corrected chi connectivity index (χ2v) is 15.9. The topological polar surface area (TPSA) is 164 Å². The summed E-state index contributed by atoms with van der Waals surface area (Å²) in [5.74, 6) is -2.46. The number of fused-ring (bicyclic) bond motifs is 1. The van der Waals surface area contributed by atoms with Gasteiger partial charge in [-0.05, 0) is 77.9 Å². The lowest BCUT2D eigenvalue weighted by molar-refractivity contribution is -0.165. The van der Waals surface area contributed by atoms with Gasteiger partial charge in [-0.1, -0.05) is 112 Å². The summed E-state index contributed by atoms with van der Waals surface area (Å²) in [4.78, 5) is 41.8. The van der Waals surface area contributed by atoms with E-state index in [4.69, 9.17) is 4.74 Å². The van der Waals surface area contributed by atoms with Gasteiger partial charge in [0, 0.05) is 53.2 Å². The molecule has 318 valence electrons. The average molecular weight is 829 g/mol. The molecule has 3 N–H and O–H groups in total. The second kappa shape index (κ2) is 20.2. The maximum atomic E-state index is 14.2. The van der Waals surface area contributed by atoms with Crippen molar-refractivity contribution in [3.63, 3.8) is 0 Å². The first-order chi connectivity index (χ1) is 29.4. The van der Waals surface area contributed by atoms with Gasteiger partial charge in [0.25, 0.3) is 0 Å². The number of aliphatic hydroxyl groups excluding tert-OH is 1. The van der Waals surface area contributed by atoms with E-state index in [-0.39, 0.29) is 37.2 Å². The van der Waals surface area contributed by atoms with Crippen LogP contribution in [0.3, 0.4) is 0 Å². The standard InChI is InChI=1S/C48H53FN6O6/c1-6-7-16-43(57)54(29-32-17-19-33(20-18-32)38-12-8-9-13-39(38)47-50-52-53-51-47)46(30(2)3)48(60)61-37(28-44(58)59)27-36(56)25-26-42-45(34-21-23-35(49)24-22-34)40-14-10-11-15-41(40)55(42)31(4)5/h8-15,17-26,30-31,36-37,46,56H,6-7,16,27-29H2,1-5H3,(H,58,59)(H,50,51,52,53)/t36-,37-,46-/m0/s1. The number of carboxylic acids is 1. The molecule has 0 saturated carbocycles. The number of carbonyl (C=O) groups is 3. The number of carbonyl (C=O) groups excluding carboxylic acids is 2. The predicted octanol–water partition coefficient (Wildman–Crippen LogP) is 9.27. The Bertz CT molecular complexity index is 2440. The largest absolute Gasteiger partial charge is 0.481 e. The zero-order valence-electron chi connectivity index (χ0n) is 35.2. The predicted molar refractivity (Wildman–Crippen MR) is 233 cm³/mol. The lowest BCUT2D eigenvalue weighted by Gasteiger charge is -2.34. The molecule has 12 nitrogen and oxygen atoms in total. The Morgan fingerprint density at radius 1 is 0.902 bits per heavy atom. The Kier molecular flexibility index (Phi) is 14.6. The number of amides is 1. The highest BCUT2D eigenvalue weighted by atomic mass is 19.1. The van der Waals surface area contributed by atoms with Gasteiger partial charge in [0.1, 0.15) is 18.0 Å². The minimum atomic E-state index is -1.21. The maximum Gasteiger partial charge on any atom is 0.329 e. The van der Waals surface area contributed by atoms with Crippen molar-refractivity contribution < 1.29 is 33.7 Å². The summed E-state index contributed by atoms with van der Waals surface area (Å²) < 4.78 is 22.1. The van der Waals surface area contributed by atoms with Crippen molar-refractivity contribution in [2.45, 2.75) is 97.6 Å². The quantitative estimate of drug-likeness (QED) is 0.0676. The van der Waals surface area contributed by atoms with Crippen molar-refractivity contribution in [3.8, 4) is 33.6 Å². The van der Waals surface area contributed by atoms with E-state index in [0.29, 0.717) is 12.2 Å². The van der Waals surface area contributed by atoms with E-state index in [0.717, 1.165) is 56.4 Å². The first-order valence-corrected chi connectivity index (χ1v) is 20.7. The van der Waals surface area contributed by atoms with E-state index in [9.17, 15) is 29.0 Å². The third-order valence-electron chi connectivity index (χ3n) is 10.7. The van der Waals surface area contributed by atoms with Crippen molar-refractivity contribution in [1.29, 1.82) is 0 Å². The van der Waals surface area contributed by atoms with E-state index in [1.807, 2.05) is 107 Å². The number of esters is 1. The van der Waals surface area contributed by atoms with Gasteiger partial charge in [0.05, 0.1) is 12.5 Å². The van der Waals surface area contributed by atoms with E-state index < -0.39 is 42.5 Å². The summed E-state index contributed by atoms with van der Waals surface area (Å²) in [5, 5.41) is 36.7. The number of aliphatic hydroxyl groups is 1. The number of nitrogens with zero attached hydrogens (tertiary/aromatic N) is 5. The molecule has 0 spiro atoms. The van der Waals surface area contributed by atoms with E-state index in [1.54, 1.807) is 24.3 Å². The molecule has 0 bridgehead atoms. The molecule has 0 aliphatic rings. The summed E-state index contributed by atoms with van der Waals surface area (Å²) >= 11 is 0. The Balaban J connectivity index is 1.24. The average Bonchev–Trinajstić information content (AvgIpc) is 3.89. The number of aromatic nitrogens is 5. The maximum absolute atomic E-state index is 14.2. The smallest absolute Gasteiger partial charge is 0.329 e. The number of halogens is 1. The van der Waals surface area contributed by atoms with Crippen LogP contribution in [0.15, 0.2) is 103 Å². The van der Waals surface area contributed by atoms with Gasteiger partial charge < -0.3 is 24.4 Å². The minimum absolute atomic E-state index is 0.0185. The number of unbranched alkanes of at least 4 members (excludes halogenated alkanes) is 1. The zero-order chi connectivity index (χ0) is 43.6. The first kappa shape index (κ1) is 44.1. The fraction of sp³-hybridized carbons (Fsp3) is 0.333. The number of H-pyrrole nitrogens is 1. The summed E-state index contributed by atoms with van der Waals surface area (Å²) in [7, 11) is 0. The molecule has 0 saturated heterocycles. The van der Waals surface area contributed by atoms with Crippen LogP contribution in [0, 0.1) is 11.7 Å². The van der Waals surface area contributed by atoms with Crippen LogP contribution in [0.4, 0.5) is 4.39 Å². The van der Waals surface area contributed by atoms with Gasteiger partial charge in [0.2, 0.25) is 11.7 Å². The highest BCUT2D eigenvalue weighted by Gasteiger charge is 2.36. The summed E-state index contributed by atoms with van der Waals surface area (Å²) in [5.41, 5.74) is 6.77. The number of ether oxygens (including phenoxy) is 1. The fourth-order valence-electron chi connectivity index (χ4n) is 7.84. The number of rotatable bonds is 19. The van der Waals surface area contributed by atoms with Crippen LogP contribution in [-0.2, 0) is 25.7 Å². The molecule has 0 aliphatic carbocycles. The summed E-state index contributed by atoms with van der Waals surface area (Å²) in [6, 6.07) is 28.5. The number of benzene rings is 4. The molecule has 0 radical (unpaired) electrons. The molecule has 2 heterocycles. The molecule has 1 amide bonds. The molecule has 2 aromatic heterocycles. The third-order valence-corrected chi connectivity index (χ3v) is 10.7. The van der Waals surface area contributed by atoms with Crippen LogP contribution < -0.4 is 0 Å². The molecular weight excluding hydrogens is 776 g/mol. The van der Waals surface area contributed by atoms with Gasteiger partial charge in [-0.2, -0.15) is 5.21 Å². The van der Waals surface area contributed by atoms with Crippen molar-refractivity contribution >= 4 is 34.8 Å². The Morgan fingerprint density at radius 3 is 2.21 bits per heavy atom. The fourth-order valence-corrected chi connectivity index (χ4v) is 7.84. The van der Waals surface area contributed by atoms with Gasteiger partial charge >= 0.3 is 11.9 Å². The Hall–Kier alpha value is -6.47. The van der Waals surface area contributed by atoms with Crippen molar-refractivity contribution in [2.75, 3.05) is 0 Å². The van der Waals surface area contributed by atoms with Gasteiger partial charge in [-0.3, -0.25) is 9.59 Å². The number of hydrogen-bond donors (Lipinski definition) is 3. The number of aliphatic carboxylic acids is 1. The molecule has 0 unspecified atom stereocenters. The van der Waals surface area contributed by atoms with Gasteiger partial charge in [-0.15, -0.1) is 10.2 Å². The Morgan fingerprint density at radius 2 is 1.57 bits per heavy atom. The number of aromatic amines is 1. The highest BCUT2D eigenvalue weighted by Crippen LogP contribution is 2.38. The van der Waals surface area contributed by atoms with Crippen LogP contribution in [0.2, 0.25) is 0 Å². The summed E-state index contributed by atoms with van der Waals surface area (Å²) in [6.07, 6.45) is 1.80. The Labute approximate surface area is 355 Å². The zero-order valence-corrected chi connectivity index (χ0v) is 35.2. The van der Waals surface area contributed by atoms with Crippen molar-refractivity contribution in [1.82, 2.24) is 30.1 Å². The molecule has 61 heavy (non-hydrogen) atoms. The van der Waals surface area contributed by atoms with E-state index >= 15 is 0 Å². The highest BCUT2D eigenvalue weighted by molar-refractivity contribution is 6.01. The molecule has 0 aliphatic heterocycles. The molecule has 6 aromatic rings. The molecule has 4 aromatic carbocycles. The van der Waals surface area contributed by atoms with Crippen molar-refractivity contribution in [3.05, 3.63) is 120 Å². The number of para-hydroxylation sites is 1. The van der Waals surface area contributed by atoms with Crippen molar-refractivity contribution in [2.24, 2.45) is 5.92 Å². The normalized spacial score (nSPS) is 13.2. The van der Waals surface area contributed by atoms with Gasteiger partial charge in [-0.25, -0.2) is 9.18 Å². The lowest BCUT2D eigenvalue weighted by atomic mass is 9.97. The third kappa shape index (κ3) is 10.6. The number of nitrogens with one attached hydrogen (secondary N) is 1. The lowest BCUT2D eigenvalue weighted by Crippen LogP contribution is -2.49. The SMILES string of the molecule is CCCCC(=O)N(Cc1ccc(-c2ccccc2-c2nn[nH]n2)cc1)[C@H](C(=O)O[C@H](CC(=O)O)C[C@@H](O)C=Cc1c(-c2ccc(F)cc2)c2ccccc2n1C(C)C)C(C)C. The molecule has 0 fully saturated rings. The molecule has 3 atom stereocenters. The summed E-state index contributed by atoms with van der Waals surface area (Å²) in [6.45, 7) is 9.84. The second-order valence-electron chi connectivity index (χ2n) is 15.9. The van der Waals surface area contributed by atoms with Crippen LogP contribution in [-0.4, -0.2) is 76.4 Å². The number of tetrazole rings is 1.